The summed E-state index contributed by atoms with van der Waals surface area (Å²) in [6.45, 7) is 3.68. The molecule has 2 aromatic carbocycles. The fourth-order valence-electron chi connectivity index (χ4n) is 5.59. The minimum atomic E-state index is -2.74. The lowest BCUT2D eigenvalue weighted by Crippen LogP contribution is -2.45. The summed E-state index contributed by atoms with van der Waals surface area (Å²) in [5, 5.41) is 24.1. The molecule has 4 N–H and O–H groups in total. The number of carbonyl (C=O) groups is 1. The number of anilines is 1. The smallest absolute Gasteiger partial charge is 0.395 e. The number of imidazole rings is 1. The van der Waals surface area contributed by atoms with Gasteiger partial charge in [-0.3, -0.25) is 9.09 Å². The first kappa shape index (κ1) is 34.4. The van der Waals surface area contributed by atoms with E-state index >= 15 is 0 Å². The predicted molar refractivity (Wildman–Crippen MR) is 178 cm³/mol. The molecule has 2 fully saturated rings. The second-order valence-electron chi connectivity index (χ2n) is 11.5. The van der Waals surface area contributed by atoms with Gasteiger partial charge in [-0.2, -0.15) is 9.97 Å². The number of hydrogen-bond acceptors (Lipinski definition) is 15. The number of fused-ring (bicyclic) bond motifs is 2. The van der Waals surface area contributed by atoms with Crippen LogP contribution in [0.4, 0.5) is 5.95 Å². The number of aromatic nitrogens is 4. The van der Waals surface area contributed by atoms with Crippen LogP contribution in [0.3, 0.4) is 0 Å². The van der Waals surface area contributed by atoms with Crippen LogP contribution in [0.15, 0.2) is 41.1 Å². The second kappa shape index (κ2) is 14.2. The normalized spacial score (nSPS) is 24.1. The lowest BCUT2D eigenvalue weighted by molar-refractivity contribution is -0.170. The van der Waals surface area contributed by atoms with E-state index in [1.165, 1.54) is 25.5 Å². The number of aliphatic hydroxyl groups is 2. The van der Waals surface area contributed by atoms with E-state index in [-0.39, 0.29) is 41.7 Å². The quantitative estimate of drug-likeness (QED) is 0.0910. The molecule has 256 valence electrons. The van der Waals surface area contributed by atoms with E-state index in [0.717, 1.165) is 5.39 Å². The highest BCUT2D eigenvalue weighted by Gasteiger charge is 2.54. The maximum absolute atomic E-state index is 13.1. The zero-order valence-corrected chi connectivity index (χ0v) is 29.2. The number of ether oxygens (including phenoxy) is 5. The van der Waals surface area contributed by atoms with Crippen LogP contribution in [-0.2, 0) is 19.0 Å². The van der Waals surface area contributed by atoms with E-state index in [2.05, 4.69) is 19.7 Å². The first-order valence-corrected chi connectivity index (χ1v) is 17.3. The molecule has 2 aliphatic heterocycles. The third-order valence-corrected chi connectivity index (χ3v) is 9.77. The first-order valence-electron chi connectivity index (χ1n) is 15.1. The number of rotatable bonds is 10. The molecule has 0 spiro atoms. The lowest BCUT2D eigenvalue weighted by atomic mass is 9.96. The molecule has 2 saturated heterocycles. The third-order valence-electron chi connectivity index (χ3n) is 8.14. The Labute approximate surface area is 289 Å². The number of hydrogen-bond donors (Lipinski definition) is 3. The van der Waals surface area contributed by atoms with Gasteiger partial charge in [0.05, 0.1) is 20.3 Å². The summed E-state index contributed by atoms with van der Waals surface area (Å²) in [7, 11) is -1.32. The van der Waals surface area contributed by atoms with Crippen molar-refractivity contribution < 1.29 is 48.1 Å². The van der Waals surface area contributed by atoms with Gasteiger partial charge in [0, 0.05) is 40.8 Å². The molecule has 6 atom stereocenters. The zero-order valence-electron chi connectivity index (χ0n) is 26.2. The van der Waals surface area contributed by atoms with Crippen LogP contribution in [0, 0.1) is 3.83 Å². The van der Waals surface area contributed by atoms with E-state index in [4.69, 9.17) is 33.9 Å². The predicted octanol–water partition coefficient (Wildman–Crippen LogP) is 2.61. The van der Waals surface area contributed by atoms with E-state index in [1.54, 1.807) is 24.3 Å². The Hall–Kier alpha value is -3.45. The van der Waals surface area contributed by atoms with Crippen molar-refractivity contribution in [1.82, 2.24) is 19.5 Å². The molecule has 48 heavy (non-hydrogen) atoms. The monoisotopic (exact) mass is 796 g/mol. The Morgan fingerprint density at radius 3 is 2.75 bits per heavy atom. The molecule has 4 aromatic rings. The Kier molecular flexibility index (Phi) is 10.2. The van der Waals surface area contributed by atoms with Crippen molar-refractivity contribution in [2.75, 3.05) is 32.7 Å². The topological polar surface area (TPSA) is 218 Å². The standard InChI is InChI=1S/C30H34IN6O10P/c1-15(26(39)45-17-10-12-43-13-11-17)36-48(41)47-22-18-7-5-4-6-16(18)8-9-19(22)44-14-20-23(38)30(2,40)27(46-20)37-24-21(33-28(37)31)25(42-3)35-29(32)34-24/h4-9,15,17,20,23,27,38,40H,10-14H2,1-3H3,(H2,32,34,35)/t15-,20+,23+,27+,30+/m0/s1. The van der Waals surface area contributed by atoms with Crippen LogP contribution in [0.1, 0.15) is 32.9 Å². The van der Waals surface area contributed by atoms with Gasteiger partial charge in [0.1, 0.15) is 30.5 Å². The van der Waals surface area contributed by atoms with Crippen LogP contribution in [0.5, 0.6) is 17.4 Å². The molecule has 0 radical (unpaired) electrons. The lowest BCUT2D eigenvalue weighted by Gasteiger charge is -2.27. The molecular weight excluding hydrogens is 762 g/mol. The summed E-state index contributed by atoms with van der Waals surface area (Å²) in [5.41, 5.74) is 4.61. The average Bonchev–Trinajstić information content (AvgIpc) is 3.50. The van der Waals surface area contributed by atoms with Crippen molar-refractivity contribution in [1.29, 1.82) is 0 Å². The Balaban J connectivity index is 1.22. The highest BCUT2D eigenvalue weighted by atomic mass is 127. The average molecular weight is 797 g/mol. The molecule has 0 aliphatic carbocycles. The number of methoxy groups -OCH3 is 1. The zero-order chi connectivity index (χ0) is 34.2. The van der Waals surface area contributed by atoms with Gasteiger partial charge in [-0.15, -0.1) is 0 Å². The number of carbonyl (C=O) groups excluding carboxylic acids is 1. The molecule has 0 bridgehead atoms. The van der Waals surface area contributed by atoms with Crippen LogP contribution in [0.25, 0.3) is 21.9 Å². The molecular formula is C30H34IN6O10P. The van der Waals surface area contributed by atoms with Crippen LogP contribution in [0.2, 0.25) is 0 Å². The van der Waals surface area contributed by atoms with Crippen LogP contribution < -0.4 is 24.6 Å². The molecule has 18 heteroatoms. The number of nitrogens with two attached hydrogens (primary N) is 1. The SMILES string of the molecule is COc1nc(N)nc2c1nc(I)n2[C@@H]1O[C@H](COc2ccc3ccccc3c2O[P+]([O-])=N[C@@H](C)C(=O)OC2CCOCC2)[C@@H](O)[C@@]1(C)O. The number of aliphatic hydroxyl groups excluding tert-OH is 1. The molecule has 6 rings (SSSR count). The van der Waals surface area contributed by atoms with Crippen molar-refractivity contribution in [3.8, 4) is 17.4 Å². The van der Waals surface area contributed by atoms with Gasteiger partial charge in [-0.25, -0.2) is 9.78 Å². The van der Waals surface area contributed by atoms with Crippen molar-refractivity contribution in [2.24, 2.45) is 4.74 Å². The second-order valence-corrected chi connectivity index (χ2v) is 13.4. The summed E-state index contributed by atoms with van der Waals surface area (Å²) in [5.74, 6) is -0.240. The van der Waals surface area contributed by atoms with Crippen molar-refractivity contribution in [3.63, 3.8) is 0 Å². The van der Waals surface area contributed by atoms with Gasteiger partial charge < -0.3 is 44.5 Å². The Morgan fingerprint density at radius 2 is 2.00 bits per heavy atom. The van der Waals surface area contributed by atoms with E-state index in [9.17, 15) is 19.9 Å². The Bertz CT molecular complexity index is 1850. The molecule has 2 aromatic heterocycles. The molecule has 4 heterocycles. The van der Waals surface area contributed by atoms with Crippen LogP contribution >= 0.6 is 30.8 Å². The van der Waals surface area contributed by atoms with Crippen molar-refractivity contribution >= 4 is 64.6 Å². The number of nitrogens with zero attached hydrogens (tertiary/aromatic N) is 5. The molecule has 0 amide bonds. The van der Waals surface area contributed by atoms with Gasteiger partial charge in [-0.05, 0) is 25.3 Å². The van der Waals surface area contributed by atoms with Gasteiger partial charge in [0.2, 0.25) is 17.6 Å². The van der Waals surface area contributed by atoms with Gasteiger partial charge in [-0.1, -0.05) is 35.1 Å². The van der Waals surface area contributed by atoms with Gasteiger partial charge in [0.25, 0.3) is 0 Å². The minimum absolute atomic E-state index is 0.0746. The molecule has 1 unspecified atom stereocenters. The molecule has 2 aliphatic rings. The molecule has 0 saturated carbocycles. The van der Waals surface area contributed by atoms with Gasteiger partial charge >= 0.3 is 14.1 Å². The number of halogens is 1. The van der Waals surface area contributed by atoms with E-state index in [1.807, 2.05) is 34.7 Å². The summed E-state index contributed by atoms with van der Waals surface area (Å²) >= 11 is 1.95. The molecule has 16 nitrogen and oxygen atoms in total. The fraction of sp³-hybridized carbons (Fsp3) is 0.467. The van der Waals surface area contributed by atoms with E-state index in [0.29, 0.717) is 40.8 Å². The summed E-state index contributed by atoms with van der Waals surface area (Å²) < 4.78 is 40.1. The number of esters is 1. The number of benzene rings is 2. The van der Waals surface area contributed by atoms with Crippen molar-refractivity contribution in [2.45, 2.75) is 62.9 Å². The maximum Gasteiger partial charge on any atom is 0.395 e. The van der Waals surface area contributed by atoms with E-state index < -0.39 is 44.2 Å². The maximum atomic E-state index is 13.1. The Morgan fingerprint density at radius 1 is 1.25 bits per heavy atom. The highest BCUT2D eigenvalue weighted by Crippen LogP contribution is 2.44. The largest absolute Gasteiger partial charge is 0.575 e. The summed E-state index contributed by atoms with van der Waals surface area (Å²) in [6, 6.07) is 9.60. The number of nitrogen functional groups attached to an aromatic ring is 1. The minimum Gasteiger partial charge on any atom is -0.575 e. The van der Waals surface area contributed by atoms with Crippen LogP contribution in [-0.4, -0.2) is 92.6 Å². The summed E-state index contributed by atoms with van der Waals surface area (Å²) in [6.07, 6.45) is -2.72. The first-order chi connectivity index (χ1) is 23.0. The van der Waals surface area contributed by atoms with Gasteiger partial charge in [0.15, 0.2) is 33.0 Å². The summed E-state index contributed by atoms with van der Waals surface area (Å²) in [4.78, 5) is 38.5. The third kappa shape index (κ3) is 6.85. The van der Waals surface area contributed by atoms with Crippen molar-refractivity contribution in [3.05, 3.63) is 40.2 Å². The highest BCUT2D eigenvalue weighted by molar-refractivity contribution is 14.1. The fourth-order valence-corrected chi connectivity index (χ4v) is 7.08.